The minimum atomic E-state index is -0.311. The van der Waals surface area contributed by atoms with Crippen LogP contribution in [-0.2, 0) is 0 Å². The van der Waals surface area contributed by atoms with Crippen molar-refractivity contribution in [2.45, 2.75) is 6.92 Å². The number of nitrogens with zero attached hydrogens (tertiary/aromatic N) is 2. The second-order valence-electron chi connectivity index (χ2n) is 5.07. The van der Waals surface area contributed by atoms with Gasteiger partial charge in [-0.2, -0.15) is 5.10 Å². The molecule has 0 bridgehead atoms. The third-order valence-corrected chi connectivity index (χ3v) is 3.54. The standard InChI is InChI=1S/C16H12N4O3/c1-9-14(15(20-23-9)13-3-2-6-22-13)16(21)18-11-5-4-10-8-17-19-12(10)7-11/h2-8H,1H3,(H,17,19)(H,18,21). The fraction of sp³-hybridized carbons (Fsp3) is 0.0625. The van der Waals surface area contributed by atoms with E-state index in [2.05, 4.69) is 20.7 Å². The lowest BCUT2D eigenvalue weighted by atomic mass is 10.1. The molecular formula is C16H12N4O3. The highest BCUT2D eigenvalue weighted by molar-refractivity contribution is 6.09. The van der Waals surface area contributed by atoms with E-state index in [0.717, 1.165) is 10.9 Å². The number of hydrogen-bond donors (Lipinski definition) is 2. The Morgan fingerprint density at radius 3 is 3.04 bits per heavy atom. The molecule has 0 fully saturated rings. The monoisotopic (exact) mass is 308 g/mol. The number of H-pyrrole nitrogens is 1. The van der Waals surface area contributed by atoms with Crippen molar-refractivity contribution in [2.75, 3.05) is 5.32 Å². The molecule has 23 heavy (non-hydrogen) atoms. The van der Waals surface area contributed by atoms with E-state index in [4.69, 9.17) is 8.94 Å². The predicted molar refractivity (Wildman–Crippen MR) is 83.0 cm³/mol. The van der Waals surface area contributed by atoms with Gasteiger partial charge in [0.25, 0.3) is 5.91 Å². The van der Waals surface area contributed by atoms with Crippen molar-refractivity contribution in [3.8, 4) is 11.5 Å². The maximum Gasteiger partial charge on any atom is 0.261 e. The predicted octanol–water partition coefficient (Wildman–Crippen LogP) is 3.37. The molecule has 4 rings (SSSR count). The number of carbonyl (C=O) groups excluding carboxylic acids is 1. The van der Waals surface area contributed by atoms with Gasteiger partial charge in [-0.05, 0) is 37.3 Å². The van der Waals surface area contributed by atoms with E-state index in [9.17, 15) is 4.79 Å². The number of amides is 1. The van der Waals surface area contributed by atoms with Crippen LogP contribution in [-0.4, -0.2) is 21.3 Å². The van der Waals surface area contributed by atoms with Gasteiger partial charge in [-0.3, -0.25) is 9.89 Å². The summed E-state index contributed by atoms with van der Waals surface area (Å²) in [7, 11) is 0. The fourth-order valence-electron chi connectivity index (χ4n) is 2.43. The van der Waals surface area contributed by atoms with Crippen LogP contribution >= 0.6 is 0 Å². The molecule has 0 saturated heterocycles. The van der Waals surface area contributed by atoms with Gasteiger partial charge in [0.15, 0.2) is 11.5 Å². The number of hydrogen-bond acceptors (Lipinski definition) is 5. The molecule has 0 unspecified atom stereocenters. The van der Waals surface area contributed by atoms with Crippen molar-refractivity contribution in [1.82, 2.24) is 15.4 Å². The van der Waals surface area contributed by atoms with Crippen LogP contribution in [0.25, 0.3) is 22.4 Å². The Morgan fingerprint density at radius 1 is 1.30 bits per heavy atom. The fourth-order valence-corrected chi connectivity index (χ4v) is 2.43. The van der Waals surface area contributed by atoms with Gasteiger partial charge in [0.05, 0.1) is 18.0 Å². The first-order valence-electron chi connectivity index (χ1n) is 6.97. The first-order valence-corrected chi connectivity index (χ1v) is 6.97. The summed E-state index contributed by atoms with van der Waals surface area (Å²) in [6.07, 6.45) is 3.24. The van der Waals surface area contributed by atoms with E-state index >= 15 is 0 Å². The summed E-state index contributed by atoms with van der Waals surface area (Å²) in [6, 6.07) is 8.96. The Hall–Kier alpha value is -3.35. The summed E-state index contributed by atoms with van der Waals surface area (Å²) in [5.41, 5.74) is 2.23. The van der Waals surface area contributed by atoms with Gasteiger partial charge in [-0.1, -0.05) is 5.16 Å². The zero-order valence-electron chi connectivity index (χ0n) is 12.2. The Kier molecular flexibility index (Phi) is 2.97. The molecule has 0 aliphatic carbocycles. The number of carbonyl (C=O) groups is 1. The Morgan fingerprint density at radius 2 is 2.22 bits per heavy atom. The van der Waals surface area contributed by atoms with E-state index in [-0.39, 0.29) is 5.91 Å². The molecule has 4 aromatic rings. The molecule has 7 heteroatoms. The third-order valence-electron chi connectivity index (χ3n) is 3.54. The van der Waals surface area contributed by atoms with Crippen LogP contribution in [0.4, 0.5) is 5.69 Å². The van der Waals surface area contributed by atoms with E-state index < -0.39 is 0 Å². The molecule has 0 saturated carbocycles. The molecule has 2 N–H and O–H groups in total. The number of anilines is 1. The van der Waals surface area contributed by atoms with Gasteiger partial charge in [0, 0.05) is 11.1 Å². The number of nitrogens with one attached hydrogen (secondary N) is 2. The summed E-state index contributed by atoms with van der Waals surface area (Å²) in [4.78, 5) is 12.6. The lowest BCUT2D eigenvalue weighted by Crippen LogP contribution is -2.13. The van der Waals surface area contributed by atoms with Crippen molar-refractivity contribution in [3.05, 3.63) is 54.1 Å². The van der Waals surface area contributed by atoms with E-state index in [1.54, 1.807) is 25.3 Å². The lowest BCUT2D eigenvalue weighted by molar-refractivity contribution is 0.102. The molecule has 0 spiro atoms. The van der Waals surface area contributed by atoms with Crippen LogP contribution < -0.4 is 5.32 Å². The minimum absolute atomic E-state index is 0.311. The van der Waals surface area contributed by atoms with Crippen molar-refractivity contribution in [2.24, 2.45) is 0 Å². The van der Waals surface area contributed by atoms with Gasteiger partial charge in [-0.15, -0.1) is 0 Å². The molecule has 0 radical (unpaired) electrons. The summed E-state index contributed by atoms with van der Waals surface area (Å²) in [5, 5.41) is 14.6. The second kappa shape index (κ2) is 5.13. The summed E-state index contributed by atoms with van der Waals surface area (Å²) < 4.78 is 10.5. The number of aromatic nitrogens is 3. The van der Waals surface area contributed by atoms with Gasteiger partial charge >= 0.3 is 0 Å². The molecule has 1 amide bonds. The zero-order valence-corrected chi connectivity index (χ0v) is 12.2. The number of aryl methyl sites for hydroxylation is 1. The Bertz CT molecular complexity index is 982. The van der Waals surface area contributed by atoms with Gasteiger partial charge < -0.3 is 14.3 Å². The molecule has 7 nitrogen and oxygen atoms in total. The normalized spacial score (nSPS) is 11.0. The van der Waals surface area contributed by atoms with Crippen LogP contribution in [0.1, 0.15) is 16.1 Å². The number of benzene rings is 1. The average molecular weight is 308 g/mol. The SMILES string of the molecule is Cc1onc(-c2ccco2)c1C(=O)Nc1ccc2cn[nH]c2c1. The van der Waals surface area contributed by atoms with E-state index in [0.29, 0.717) is 28.5 Å². The third kappa shape index (κ3) is 2.28. The summed E-state index contributed by atoms with van der Waals surface area (Å²) in [6.45, 7) is 1.69. The maximum absolute atomic E-state index is 12.6. The largest absolute Gasteiger partial charge is 0.463 e. The molecule has 0 aliphatic rings. The summed E-state index contributed by atoms with van der Waals surface area (Å²) in [5.74, 6) is 0.599. The van der Waals surface area contributed by atoms with Crippen molar-refractivity contribution < 1.29 is 13.7 Å². The smallest absolute Gasteiger partial charge is 0.261 e. The Labute approximate surface area is 130 Å². The highest BCUT2D eigenvalue weighted by Gasteiger charge is 2.23. The molecule has 0 atom stereocenters. The molecule has 1 aromatic carbocycles. The molecule has 114 valence electrons. The van der Waals surface area contributed by atoms with Crippen LogP contribution in [0.15, 0.2) is 51.7 Å². The average Bonchev–Trinajstić information content (AvgIpc) is 3.26. The second-order valence-corrected chi connectivity index (χ2v) is 5.07. The van der Waals surface area contributed by atoms with Crippen molar-refractivity contribution >= 4 is 22.5 Å². The van der Waals surface area contributed by atoms with Crippen LogP contribution in [0.3, 0.4) is 0 Å². The first-order chi connectivity index (χ1) is 11.2. The minimum Gasteiger partial charge on any atom is -0.463 e. The zero-order chi connectivity index (χ0) is 15.8. The number of furan rings is 1. The van der Waals surface area contributed by atoms with Gasteiger partial charge in [0.1, 0.15) is 11.3 Å². The highest BCUT2D eigenvalue weighted by Crippen LogP contribution is 2.26. The summed E-state index contributed by atoms with van der Waals surface area (Å²) >= 11 is 0. The first kappa shape index (κ1) is 13.3. The number of aromatic amines is 1. The maximum atomic E-state index is 12.6. The van der Waals surface area contributed by atoms with E-state index in [1.165, 1.54) is 6.26 Å². The van der Waals surface area contributed by atoms with Crippen molar-refractivity contribution in [3.63, 3.8) is 0 Å². The molecule has 3 heterocycles. The number of rotatable bonds is 3. The lowest BCUT2D eigenvalue weighted by Gasteiger charge is -2.05. The van der Waals surface area contributed by atoms with E-state index in [1.807, 2.05) is 18.2 Å². The molecule has 3 aromatic heterocycles. The van der Waals surface area contributed by atoms with Crippen LogP contribution in [0, 0.1) is 6.92 Å². The highest BCUT2D eigenvalue weighted by atomic mass is 16.5. The van der Waals surface area contributed by atoms with Crippen LogP contribution in [0.5, 0.6) is 0 Å². The quantitative estimate of drug-likeness (QED) is 0.604. The Balaban J connectivity index is 1.68. The topological polar surface area (TPSA) is 96.9 Å². The van der Waals surface area contributed by atoms with Gasteiger partial charge in [-0.25, -0.2) is 0 Å². The molecular weight excluding hydrogens is 296 g/mol. The molecule has 0 aliphatic heterocycles. The van der Waals surface area contributed by atoms with Gasteiger partial charge in [0.2, 0.25) is 0 Å². The van der Waals surface area contributed by atoms with Crippen LogP contribution in [0.2, 0.25) is 0 Å². The number of fused-ring (bicyclic) bond motifs is 1. The van der Waals surface area contributed by atoms with Crippen molar-refractivity contribution in [1.29, 1.82) is 0 Å².